The summed E-state index contributed by atoms with van der Waals surface area (Å²) in [6, 6.07) is 7.25. The van der Waals surface area contributed by atoms with Crippen LogP contribution in [0, 0.1) is 6.92 Å². The third-order valence-electron chi connectivity index (χ3n) is 2.66. The predicted octanol–water partition coefficient (Wildman–Crippen LogP) is 3.27. The van der Waals surface area contributed by atoms with Gasteiger partial charge in [-0.25, -0.2) is 0 Å². The van der Waals surface area contributed by atoms with Crippen molar-refractivity contribution in [2.75, 3.05) is 19.4 Å². The number of nitrogens with zero attached hydrogens (tertiary/aromatic N) is 1. The summed E-state index contributed by atoms with van der Waals surface area (Å²) in [5.74, 6) is 0. The van der Waals surface area contributed by atoms with Crippen LogP contribution in [0.4, 0.5) is 5.69 Å². The summed E-state index contributed by atoms with van der Waals surface area (Å²) in [5.41, 5.74) is 3.94. The SMILES string of the molecule is CCC(C)Nc1cc(C)cc(CN(C)C)c1. The summed E-state index contributed by atoms with van der Waals surface area (Å²) in [7, 11) is 4.20. The minimum absolute atomic E-state index is 0.536. The molecule has 0 amide bonds. The van der Waals surface area contributed by atoms with E-state index in [-0.39, 0.29) is 0 Å². The molecular weight excluding hydrogens is 196 g/mol. The zero-order valence-corrected chi connectivity index (χ0v) is 11.2. The molecule has 0 fully saturated rings. The summed E-state index contributed by atoms with van der Waals surface area (Å²) >= 11 is 0. The van der Waals surface area contributed by atoms with Gasteiger partial charge >= 0.3 is 0 Å². The molecule has 2 nitrogen and oxygen atoms in total. The van der Waals surface area contributed by atoms with Crippen LogP contribution in [0.25, 0.3) is 0 Å². The Morgan fingerprint density at radius 3 is 2.50 bits per heavy atom. The van der Waals surface area contributed by atoms with Gasteiger partial charge in [-0.3, -0.25) is 0 Å². The Labute approximate surface area is 99.7 Å². The lowest BCUT2D eigenvalue weighted by atomic mass is 10.1. The number of benzene rings is 1. The van der Waals surface area contributed by atoms with E-state index in [2.05, 4.69) is 63.3 Å². The standard InChI is InChI=1S/C14H24N2/c1-6-12(3)15-14-8-11(2)7-13(9-14)10-16(4)5/h7-9,12,15H,6,10H2,1-5H3. The third kappa shape index (κ3) is 4.23. The summed E-state index contributed by atoms with van der Waals surface area (Å²) < 4.78 is 0. The normalized spacial score (nSPS) is 12.9. The highest BCUT2D eigenvalue weighted by Gasteiger charge is 2.02. The lowest BCUT2D eigenvalue weighted by molar-refractivity contribution is 0.402. The minimum atomic E-state index is 0.536. The second-order valence-corrected chi connectivity index (χ2v) is 4.90. The average Bonchev–Trinajstić information content (AvgIpc) is 2.15. The van der Waals surface area contributed by atoms with Crippen molar-refractivity contribution in [3.05, 3.63) is 29.3 Å². The van der Waals surface area contributed by atoms with E-state index >= 15 is 0 Å². The van der Waals surface area contributed by atoms with Gasteiger partial charge in [-0.15, -0.1) is 0 Å². The Morgan fingerprint density at radius 1 is 1.25 bits per heavy atom. The van der Waals surface area contributed by atoms with E-state index < -0.39 is 0 Å². The van der Waals surface area contributed by atoms with Crippen LogP contribution in [-0.2, 0) is 6.54 Å². The lowest BCUT2D eigenvalue weighted by Crippen LogP contribution is -2.15. The molecule has 0 saturated heterocycles. The third-order valence-corrected chi connectivity index (χ3v) is 2.66. The molecule has 1 atom stereocenters. The first-order valence-electron chi connectivity index (χ1n) is 6.03. The second-order valence-electron chi connectivity index (χ2n) is 4.90. The molecule has 0 aliphatic carbocycles. The molecule has 16 heavy (non-hydrogen) atoms. The maximum Gasteiger partial charge on any atom is 0.0348 e. The van der Waals surface area contributed by atoms with Gasteiger partial charge in [0.25, 0.3) is 0 Å². The molecule has 1 aromatic rings. The topological polar surface area (TPSA) is 15.3 Å². The maximum atomic E-state index is 3.53. The number of aryl methyl sites for hydroxylation is 1. The van der Waals surface area contributed by atoms with Crippen molar-refractivity contribution in [2.45, 2.75) is 39.8 Å². The van der Waals surface area contributed by atoms with E-state index in [9.17, 15) is 0 Å². The highest BCUT2D eigenvalue weighted by Crippen LogP contribution is 2.17. The van der Waals surface area contributed by atoms with Gasteiger partial charge in [0.15, 0.2) is 0 Å². The number of rotatable bonds is 5. The van der Waals surface area contributed by atoms with Crippen LogP contribution in [0.15, 0.2) is 18.2 Å². The van der Waals surface area contributed by atoms with E-state index in [4.69, 9.17) is 0 Å². The summed E-state index contributed by atoms with van der Waals surface area (Å²) in [6.07, 6.45) is 1.15. The first-order chi connectivity index (χ1) is 7.51. The van der Waals surface area contributed by atoms with Crippen molar-refractivity contribution in [3.63, 3.8) is 0 Å². The monoisotopic (exact) mass is 220 g/mol. The fourth-order valence-electron chi connectivity index (χ4n) is 1.79. The molecular formula is C14H24N2. The van der Waals surface area contributed by atoms with Crippen molar-refractivity contribution in [3.8, 4) is 0 Å². The predicted molar refractivity (Wildman–Crippen MR) is 71.9 cm³/mol. The molecule has 2 heteroatoms. The molecule has 0 spiro atoms. The second kappa shape index (κ2) is 5.90. The van der Waals surface area contributed by atoms with E-state index in [0.717, 1.165) is 13.0 Å². The summed E-state index contributed by atoms with van der Waals surface area (Å²) in [6.45, 7) is 7.57. The minimum Gasteiger partial charge on any atom is -0.383 e. The molecule has 1 rings (SSSR count). The number of nitrogens with one attached hydrogen (secondary N) is 1. The van der Waals surface area contributed by atoms with Crippen LogP contribution in [0.5, 0.6) is 0 Å². The molecule has 0 aliphatic heterocycles. The van der Waals surface area contributed by atoms with Gasteiger partial charge in [0.2, 0.25) is 0 Å². The first kappa shape index (κ1) is 13.0. The number of anilines is 1. The van der Waals surface area contributed by atoms with Crippen molar-refractivity contribution < 1.29 is 0 Å². The molecule has 0 aromatic heterocycles. The summed E-state index contributed by atoms with van der Waals surface area (Å²) in [4.78, 5) is 2.20. The largest absolute Gasteiger partial charge is 0.383 e. The quantitative estimate of drug-likeness (QED) is 0.819. The van der Waals surface area contributed by atoms with E-state index in [1.165, 1.54) is 16.8 Å². The molecule has 90 valence electrons. The van der Waals surface area contributed by atoms with E-state index in [0.29, 0.717) is 6.04 Å². The Morgan fingerprint density at radius 2 is 1.94 bits per heavy atom. The number of hydrogen-bond donors (Lipinski definition) is 1. The van der Waals surface area contributed by atoms with Crippen molar-refractivity contribution in [1.29, 1.82) is 0 Å². The van der Waals surface area contributed by atoms with Crippen LogP contribution < -0.4 is 5.32 Å². The molecule has 0 saturated carbocycles. The van der Waals surface area contributed by atoms with Gasteiger partial charge in [0, 0.05) is 18.3 Å². The van der Waals surface area contributed by atoms with Crippen molar-refractivity contribution in [1.82, 2.24) is 4.90 Å². The van der Waals surface area contributed by atoms with Gasteiger partial charge in [0.1, 0.15) is 0 Å². The average molecular weight is 220 g/mol. The van der Waals surface area contributed by atoms with E-state index in [1.807, 2.05) is 0 Å². The van der Waals surface area contributed by atoms with Crippen molar-refractivity contribution >= 4 is 5.69 Å². The van der Waals surface area contributed by atoms with Crippen LogP contribution in [0.3, 0.4) is 0 Å². The highest BCUT2D eigenvalue weighted by molar-refractivity contribution is 5.49. The molecule has 0 radical (unpaired) electrons. The Balaban J connectivity index is 2.81. The molecule has 0 heterocycles. The van der Waals surface area contributed by atoms with E-state index in [1.54, 1.807) is 0 Å². The fraction of sp³-hybridized carbons (Fsp3) is 0.571. The summed E-state index contributed by atoms with van der Waals surface area (Å²) in [5, 5.41) is 3.53. The van der Waals surface area contributed by atoms with Crippen LogP contribution in [0.1, 0.15) is 31.4 Å². The highest BCUT2D eigenvalue weighted by atomic mass is 15.0. The molecule has 1 unspecified atom stereocenters. The van der Waals surface area contributed by atoms with Crippen LogP contribution in [-0.4, -0.2) is 25.0 Å². The number of hydrogen-bond acceptors (Lipinski definition) is 2. The molecule has 0 bridgehead atoms. The zero-order valence-electron chi connectivity index (χ0n) is 11.2. The smallest absolute Gasteiger partial charge is 0.0348 e. The molecule has 0 aliphatic rings. The molecule has 1 N–H and O–H groups in total. The van der Waals surface area contributed by atoms with Crippen LogP contribution in [0.2, 0.25) is 0 Å². The van der Waals surface area contributed by atoms with Gasteiger partial charge in [-0.2, -0.15) is 0 Å². The maximum absolute atomic E-state index is 3.53. The van der Waals surface area contributed by atoms with Gasteiger partial charge in [0.05, 0.1) is 0 Å². The van der Waals surface area contributed by atoms with Crippen molar-refractivity contribution in [2.24, 2.45) is 0 Å². The van der Waals surface area contributed by atoms with Gasteiger partial charge in [-0.05, 0) is 57.6 Å². The van der Waals surface area contributed by atoms with Gasteiger partial charge < -0.3 is 10.2 Å². The van der Waals surface area contributed by atoms with Gasteiger partial charge in [-0.1, -0.05) is 13.0 Å². The Hall–Kier alpha value is -1.02. The lowest BCUT2D eigenvalue weighted by Gasteiger charge is -2.16. The fourth-order valence-corrected chi connectivity index (χ4v) is 1.79. The Bertz CT molecular complexity index is 332. The van der Waals surface area contributed by atoms with Crippen LogP contribution >= 0.6 is 0 Å². The zero-order chi connectivity index (χ0) is 12.1. The molecule has 1 aromatic carbocycles. The Kier molecular flexibility index (Phi) is 4.81. The first-order valence-corrected chi connectivity index (χ1v) is 6.03.